The lowest BCUT2D eigenvalue weighted by molar-refractivity contribution is 0.270. The van der Waals surface area contributed by atoms with Crippen LogP contribution in [0.25, 0.3) is 0 Å². The molecule has 0 amide bonds. The molecular formula is C10H15N5O2S. The summed E-state index contributed by atoms with van der Waals surface area (Å²) in [6.45, 7) is 2.39. The first-order valence-electron chi connectivity index (χ1n) is 5.77. The molecule has 7 nitrogen and oxygen atoms in total. The predicted octanol–water partition coefficient (Wildman–Crippen LogP) is 0.812. The summed E-state index contributed by atoms with van der Waals surface area (Å²) >= 11 is 0. The van der Waals surface area contributed by atoms with Gasteiger partial charge in [-0.15, -0.1) is 0 Å². The number of nitrogens with one attached hydrogen (secondary N) is 2. The van der Waals surface area contributed by atoms with E-state index in [1.807, 2.05) is 13.0 Å². The van der Waals surface area contributed by atoms with Crippen molar-refractivity contribution in [3.63, 3.8) is 0 Å². The minimum absolute atomic E-state index is 0.0234. The lowest BCUT2D eigenvalue weighted by Gasteiger charge is -2.32. The highest BCUT2D eigenvalue weighted by Crippen LogP contribution is 2.21. The third-order valence-corrected chi connectivity index (χ3v) is 4.66. The average molecular weight is 269 g/mol. The summed E-state index contributed by atoms with van der Waals surface area (Å²) < 4.78 is 28.2. The van der Waals surface area contributed by atoms with Crippen molar-refractivity contribution in [1.82, 2.24) is 14.5 Å². The van der Waals surface area contributed by atoms with E-state index in [0.29, 0.717) is 6.54 Å². The third-order valence-electron chi connectivity index (χ3n) is 3.04. The number of rotatable bonds is 3. The van der Waals surface area contributed by atoms with Crippen LogP contribution in [-0.4, -0.2) is 35.5 Å². The fourth-order valence-electron chi connectivity index (χ4n) is 2.07. The van der Waals surface area contributed by atoms with Crippen molar-refractivity contribution in [3.05, 3.63) is 11.8 Å². The maximum atomic E-state index is 12.2. The number of hydrogen-bond acceptors (Lipinski definition) is 4. The van der Waals surface area contributed by atoms with Crippen LogP contribution in [-0.2, 0) is 10.2 Å². The zero-order chi connectivity index (χ0) is 13.2. The number of anilines is 1. The van der Waals surface area contributed by atoms with E-state index in [1.54, 1.807) is 0 Å². The summed E-state index contributed by atoms with van der Waals surface area (Å²) in [6, 6.07) is 1.85. The molecule has 1 aliphatic rings. The molecule has 18 heavy (non-hydrogen) atoms. The topological polar surface area (TPSA) is 102 Å². The van der Waals surface area contributed by atoms with E-state index >= 15 is 0 Å². The summed E-state index contributed by atoms with van der Waals surface area (Å²) in [7, 11) is -3.63. The van der Waals surface area contributed by atoms with Crippen LogP contribution in [0.15, 0.2) is 6.20 Å². The smallest absolute Gasteiger partial charge is 0.261 e. The molecule has 1 aliphatic heterocycles. The van der Waals surface area contributed by atoms with E-state index in [2.05, 4.69) is 14.9 Å². The SMILES string of the molecule is CC1CCCCN1S(=O)(=O)Nc1[nH]ncc1C#N. The number of nitrogens with zero attached hydrogens (tertiary/aromatic N) is 3. The van der Waals surface area contributed by atoms with Crippen LogP contribution in [0.1, 0.15) is 31.7 Å². The lowest BCUT2D eigenvalue weighted by Crippen LogP contribution is -2.44. The average Bonchev–Trinajstić information content (AvgIpc) is 2.76. The van der Waals surface area contributed by atoms with Crippen molar-refractivity contribution < 1.29 is 8.42 Å². The molecule has 0 saturated carbocycles. The van der Waals surface area contributed by atoms with Crippen molar-refractivity contribution in [1.29, 1.82) is 5.26 Å². The monoisotopic (exact) mass is 269 g/mol. The van der Waals surface area contributed by atoms with Gasteiger partial charge in [0.1, 0.15) is 11.6 Å². The van der Waals surface area contributed by atoms with Crippen LogP contribution in [0.3, 0.4) is 0 Å². The van der Waals surface area contributed by atoms with Gasteiger partial charge in [0.25, 0.3) is 0 Å². The minimum atomic E-state index is -3.63. The molecule has 0 radical (unpaired) electrons. The van der Waals surface area contributed by atoms with Gasteiger partial charge in [-0.25, -0.2) is 0 Å². The molecule has 0 bridgehead atoms. The summed E-state index contributed by atoms with van der Waals surface area (Å²) in [5.74, 6) is 0.121. The van der Waals surface area contributed by atoms with Gasteiger partial charge >= 0.3 is 10.2 Å². The van der Waals surface area contributed by atoms with E-state index in [4.69, 9.17) is 5.26 Å². The van der Waals surface area contributed by atoms with Crippen LogP contribution >= 0.6 is 0 Å². The Bertz CT molecular complexity index is 559. The molecule has 0 aliphatic carbocycles. The van der Waals surface area contributed by atoms with E-state index in [-0.39, 0.29) is 17.4 Å². The number of aromatic nitrogens is 2. The molecule has 98 valence electrons. The maximum Gasteiger partial charge on any atom is 0.303 e. The summed E-state index contributed by atoms with van der Waals surface area (Å²) in [6.07, 6.45) is 4.05. The Morgan fingerprint density at radius 2 is 2.39 bits per heavy atom. The highest BCUT2D eigenvalue weighted by Gasteiger charge is 2.30. The standard InChI is InChI=1S/C10H15N5O2S/c1-8-4-2-3-5-15(8)18(16,17)14-10-9(6-11)7-12-13-10/h7-8H,2-5H2,1H3,(H2,12,13,14). The Morgan fingerprint density at radius 1 is 1.61 bits per heavy atom. The van der Waals surface area contributed by atoms with E-state index in [1.165, 1.54) is 10.5 Å². The van der Waals surface area contributed by atoms with Gasteiger partial charge in [0, 0.05) is 12.6 Å². The van der Waals surface area contributed by atoms with Gasteiger partial charge in [-0.05, 0) is 19.8 Å². The zero-order valence-electron chi connectivity index (χ0n) is 10.0. The first kappa shape index (κ1) is 12.9. The van der Waals surface area contributed by atoms with Gasteiger partial charge in [0.05, 0.1) is 6.20 Å². The molecule has 1 unspecified atom stereocenters. The highest BCUT2D eigenvalue weighted by molar-refractivity contribution is 7.90. The van der Waals surface area contributed by atoms with E-state index < -0.39 is 10.2 Å². The molecule has 2 N–H and O–H groups in total. The van der Waals surface area contributed by atoms with E-state index in [0.717, 1.165) is 19.3 Å². The first-order chi connectivity index (χ1) is 8.54. The van der Waals surface area contributed by atoms with Gasteiger partial charge in [-0.2, -0.15) is 23.1 Å². The second-order valence-electron chi connectivity index (χ2n) is 4.33. The number of hydrogen-bond donors (Lipinski definition) is 2. The number of H-pyrrole nitrogens is 1. The fraction of sp³-hybridized carbons (Fsp3) is 0.600. The van der Waals surface area contributed by atoms with Crippen LogP contribution in [0.2, 0.25) is 0 Å². The van der Waals surface area contributed by atoms with Crippen LogP contribution < -0.4 is 4.72 Å². The quantitative estimate of drug-likeness (QED) is 0.847. The minimum Gasteiger partial charge on any atom is -0.261 e. The van der Waals surface area contributed by atoms with Gasteiger partial charge in [-0.1, -0.05) is 6.42 Å². The summed E-state index contributed by atoms with van der Waals surface area (Å²) in [5, 5.41) is 14.9. The van der Waals surface area contributed by atoms with Crippen LogP contribution in [0.4, 0.5) is 5.82 Å². The van der Waals surface area contributed by atoms with Crippen molar-refractivity contribution in [2.24, 2.45) is 0 Å². The van der Waals surface area contributed by atoms with Crippen molar-refractivity contribution >= 4 is 16.0 Å². The number of piperidine rings is 1. The zero-order valence-corrected chi connectivity index (χ0v) is 10.9. The Morgan fingerprint density at radius 3 is 3.06 bits per heavy atom. The number of aromatic amines is 1. The maximum absolute atomic E-state index is 12.2. The van der Waals surface area contributed by atoms with Gasteiger partial charge in [0.2, 0.25) is 0 Å². The second-order valence-corrected chi connectivity index (χ2v) is 5.96. The Hall–Kier alpha value is -1.59. The van der Waals surface area contributed by atoms with Crippen molar-refractivity contribution in [3.8, 4) is 6.07 Å². The van der Waals surface area contributed by atoms with Crippen LogP contribution in [0, 0.1) is 11.3 Å². The van der Waals surface area contributed by atoms with Crippen LogP contribution in [0.5, 0.6) is 0 Å². The second kappa shape index (κ2) is 4.96. The lowest BCUT2D eigenvalue weighted by atomic mass is 10.1. The van der Waals surface area contributed by atoms with Gasteiger partial charge in [0.15, 0.2) is 5.82 Å². The number of nitriles is 1. The molecule has 1 aromatic rings. The van der Waals surface area contributed by atoms with Gasteiger partial charge < -0.3 is 0 Å². The molecule has 1 aromatic heterocycles. The molecule has 1 atom stereocenters. The summed E-state index contributed by atoms with van der Waals surface area (Å²) in [4.78, 5) is 0. The molecule has 1 fully saturated rings. The van der Waals surface area contributed by atoms with Crippen molar-refractivity contribution in [2.45, 2.75) is 32.2 Å². The summed E-state index contributed by atoms with van der Waals surface area (Å²) in [5.41, 5.74) is 0.184. The molecule has 0 aromatic carbocycles. The molecule has 2 heterocycles. The van der Waals surface area contributed by atoms with Gasteiger partial charge in [-0.3, -0.25) is 9.82 Å². The Balaban J connectivity index is 2.19. The molecule has 0 spiro atoms. The first-order valence-corrected chi connectivity index (χ1v) is 7.21. The van der Waals surface area contributed by atoms with Crippen molar-refractivity contribution in [2.75, 3.05) is 11.3 Å². The molecule has 1 saturated heterocycles. The predicted molar refractivity (Wildman–Crippen MR) is 65.9 cm³/mol. The third kappa shape index (κ3) is 2.47. The van der Waals surface area contributed by atoms with E-state index in [9.17, 15) is 8.42 Å². The molecule has 8 heteroatoms. The normalized spacial score (nSPS) is 21.4. The fourth-order valence-corrected chi connectivity index (χ4v) is 3.54. The Kier molecular flexibility index (Phi) is 3.54. The molecule has 2 rings (SSSR count). The largest absolute Gasteiger partial charge is 0.303 e. The highest BCUT2D eigenvalue weighted by atomic mass is 32.2. The molecular weight excluding hydrogens is 254 g/mol. The Labute approximate surface area is 106 Å².